The van der Waals surface area contributed by atoms with Gasteiger partial charge in [0.1, 0.15) is 12.4 Å². The summed E-state index contributed by atoms with van der Waals surface area (Å²) in [5.74, 6) is 0.985. The van der Waals surface area contributed by atoms with Gasteiger partial charge in [-0.05, 0) is 36.7 Å². The van der Waals surface area contributed by atoms with Crippen LogP contribution in [-0.2, 0) is 17.9 Å². The fourth-order valence-corrected chi connectivity index (χ4v) is 2.53. The molecular formula is C20H25ClN2O2. The normalized spacial score (nSPS) is 10.5. The lowest BCUT2D eigenvalue weighted by Crippen LogP contribution is -2.23. The molecule has 0 heterocycles. The number of rotatable bonds is 9. The van der Waals surface area contributed by atoms with Gasteiger partial charge in [0.2, 0.25) is 5.91 Å². The second kappa shape index (κ2) is 10.1. The Kier molecular flexibility index (Phi) is 7.76. The zero-order chi connectivity index (χ0) is 18.1. The van der Waals surface area contributed by atoms with E-state index < -0.39 is 0 Å². The van der Waals surface area contributed by atoms with E-state index in [0.29, 0.717) is 18.1 Å². The lowest BCUT2D eigenvalue weighted by Gasteiger charge is -2.11. The third-order valence-electron chi connectivity index (χ3n) is 3.82. The third kappa shape index (κ3) is 6.77. The maximum atomic E-state index is 11.5. The Hall–Kier alpha value is -2.04. The standard InChI is InChI=1S/C20H25ClN2O2/c1-23(2)20(24)11-6-12-22-14-16-7-5-9-18(13-16)25-15-17-8-3-4-10-19(17)21/h3-5,7-10,13,22H,6,11-12,14-15H2,1-2H3. The molecule has 1 amide bonds. The monoisotopic (exact) mass is 360 g/mol. The van der Waals surface area contributed by atoms with Crippen molar-refractivity contribution in [3.05, 3.63) is 64.7 Å². The number of amides is 1. The maximum absolute atomic E-state index is 11.5. The first-order valence-electron chi connectivity index (χ1n) is 8.42. The minimum Gasteiger partial charge on any atom is -0.489 e. The molecule has 5 heteroatoms. The van der Waals surface area contributed by atoms with E-state index in [4.69, 9.17) is 16.3 Å². The molecule has 0 fully saturated rings. The van der Waals surface area contributed by atoms with Crippen LogP contribution in [0.2, 0.25) is 5.02 Å². The molecule has 0 bridgehead atoms. The van der Waals surface area contributed by atoms with E-state index in [-0.39, 0.29) is 5.91 Å². The summed E-state index contributed by atoms with van der Waals surface area (Å²) in [6.45, 7) is 2.01. The molecule has 0 spiro atoms. The number of ether oxygens (including phenoxy) is 1. The Labute approximate surface area is 154 Å². The zero-order valence-electron chi connectivity index (χ0n) is 14.8. The van der Waals surface area contributed by atoms with Crippen LogP contribution in [0.15, 0.2) is 48.5 Å². The minimum absolute atomic E-state index is 0.164. The second-order valence-corrected chi connectivity index (χ2v) is 6.50. The minimum atomic E-state index is 0.164. The molecule has 0 saturated heterocycles. The highest BCUT2D eigenvalue weighted by molar-refractivity contribution is 6.31. The Bertz CT molecular complexity index is 689. The number of halogens is 1. The van der Waals surface area contributed by atoms with Crippen molar-refractivity contribution in [2.24, 2.45) is 0 Å². The van der Waals surface area contributed by atoms with Crippen molar-refractivity contribution >= 4 is 17.5 Å². The predicted octanol–water partition coefficient (Wildman–Crippen LogP) is 3.88. The first-order chi connectivity index (χ1) is 12.1. The van der Waals surface area contributed by atoms with Crippen molar-refractivity contribution in [1.82, 2.24) is 10.2 Å². The van der Waals surface area contributed by atoms with Gasteiger partial charge in [0.05, 0.1) is 0 Å². The number of nitrogens with zero attached hydrogens (tertiary/aromatic N) is 1. The first kappa shape index (κ1) is 19.3. The Balaban J connectivity index is 1.75. The van der Waals surface area contributed by atoms with Gasteiger partial charge < -0.3 is 15.0 Å². The van der Waals surface area contributed by atoms with Crippen molar-refractivity contribution in [2.45, 2.75) is 26.0 Å². The van der Waals surface area contributed by atoms with Crippen LogP contribution in [0.5, 0.6) is 5.75 Å². The largest absolute Gasteiger partial charge is 0.489 e. The van der Waals surface area contributed by atoms with Gasteiger partial charge in [0.15, 0.2) is 0 Å². The van der Waals surface area contributed by atoms with Crippen molar-refractivity contribution in [3.8, 4) is 5.75 Å². The van der Waals surface area contributed by atoms with E-state index in [1.54, 1.807) is 19.0 Å². The van der Waals surface area contributed by atoms with Crippen LogP contribution < -0.4 is 10.1 Å². The highest BCUT2D eigenvalue weighted by Gasteiger charge is 2.04. The van der Waals surface area contributed by atoms with Crippen molar-refractivity contribution in [3.63, 3.8) is 0 Å². The van der Waals surface area contributed by atoms with Crippen LogP contribution in [-0.4, -0.2) is 31.4 Å². The molecule has 0 unspecified atom stereocenters. The number of hydrogen-bond acceptors (Lipinski definition) is 3. The van der Waals surface area contributed by atoms with E-state index in [1.807, 2.05) is 42.5 Å². The van der Waals surface area contributed by atoms with Gasteiger partial charge in [0.25, 0.3) is 0 Å². The van der Waals surface area contributed by atoms with Gasteiger partial charge in [-0.1, -0.05) is 41.9 Å². The predicted molar refractivity (Wildman–Crippen MR) is 102 cm³/mol. The molecule has 0 aliphatic carbocycles. The summed E-state index contributed by atoms with van der Waals surface area (Å²) in [5, 5.41) is 4.07. The second-order valence-electron chi connectivity index (χ2n) is 6.10. The summed E-state index contributed by atoms with van der Waals surface area (Å²) >= 11 is 6.14. The quantitative estimate of drug-likeness (QED) is 0.690. The van der Waals surface area contributed by atoms with Gasteiger partial charge in [-0.15, -0.1) is 0 Å². The third-order valence-corrected chi connectivity index (χ3v) is 4.19. The molecule has 25 heavy (non-hydrogen) atoms. The number of carbonyl (C=O) groups is 1. The van der Waals surface area contributed by atoms with Crippen LogP contribution in [0.3, 0.4) is 0 Å². The van der Waals surface area contributed by atoms with E-state index in [2.05, 4.69) is 11.4 Å². The SMILES string of the molecule is CN(C)C(=O)CCCNCc1cccc(OCc2ccccc2Cl)c1. The van der Waals surface area contributed by atoms with E-state index in [9.17, 15) is 4.79 Å². The number of hydrogen-bond donors (Lipinski definition) is 1. The molecule has 2 aromatic carbocycles. The summed E-state index contributed by atoms with van der Waals surface area (Å²) in [7, 11) is 3.56. The van der Waals surface area contributed by atoms with Gasteiger partial charge in [-0.25, -0.2) is 0 Å². The summed E-state index contributed by atoms with van der Waals surface area (Å²) in [5.41, 5.74) is 2.12. The Morgan fingerprint density at radius 2 is 1.96 bits per heavy atom. The maximum Gasteiger partial charge on any atom is 0.222 e. The van der Waals surface area contributed by atoms with E-state index >= 15 is 0 Å². The highest BCUT2D eigenvalue weighted by Crippen LogP contribution is 2.19. The fourth-order valence-electron chi connectivity index (χ4n) is 2.34. The molecule has 2 rings (SSSR count). The molecule has 0 radical (unpaired) electrons. The molecular weight excluding hydrogens is 336 g/mol. The van der Waals surface area contributed by atoms with Gasteiger partial charge >= 0.3 is 0 Å². The topological polar surface area (TPSA) is 41.6 Å². The number of benzene rings is 2. The number of nitrogens with one attached hydrogen (secondary N) is 1. The highest BCUT2D eigenvalue weighted by atomic mass is 35.5. The number of carbonyl (C=O) groups excluding carboxylic acids is 1. The molecule has 134 valence electrons. The lowest BCUT2D eigenvalue weighted by molar-refractivity contribution is -0.128. The molecule has 0 aliphatic heterocycles. The summed E-state index contributed by atoms with van der Waals surface area (Å²) in [4.78, 5) is 13.1. The smallest absolute Gasteiger partial charge is 0.222 e. The molecule has 2 aromatic rings. The van der Waals surface area contributed by atoms with Crippen molar-refractivity contribution in [2.75, 3.05) is 20.6 Å². The summed E-state index contributed by atoms with van der Waals surface area (Å²) < 4.78 is 5.84. The van der Waals surface area contributed by atoms with Gasteiger partial charge in [0, 0.05) is 37.6 Å². The van der Waals surface area contributed by atoms with Crippen LogP contribution in [0.4, 0.5) is 0 Å². The molecule has 1 N–H and O–H groups in total. The molecule has 0 saturated carbocycles. The zero-order valence-corrected chi connectivity index (χ0v) is 15.6. The average Bonchev–Trinajstić information content (AvgIpc) is 2.61. The summed E-state index contributed by atoms with van der Waals surface area (Å²) in [6, 6.07) is 15.7. The van der Waals surface area contributed by atoms with E-state index in [1.165, 1.54) is 0 Å². The Morgan fingerprint density at radius 1 is 1.16 bits per heavy atom. The molecule has 0 aliphatic rings. The fraction of sp³-hybridized carbons (Fsp3) is 0.350. The van der Waals surface area contributed by atoms with Gasteiger partial charge in [-0.3, -0.25) is 4.79 Å². The molecule has 0 atom stereocenters. The summed E-state index contributed by atoms with van der Waals surface area (Å²) in [6.07, 6.45) is 1.40. The van der Waals surface area contributed by atoms with Crippen LogP contribution in [0, 0.1) is 0 Å². The van der Waals surface area contributed by atoms with Crippen molar-refractivity contribution in [1.29, 1.82) is 0 Å². The van der Waals surface area contributed by atoms with Crippen molar-refractivity contribution < 1.29 is 9.53 Å². The van der Waals surface area contributed by atoms with E-state index in [0.717, 1.165) is 36.4 Å². The van der Waals surface area contributed by atoms with Gasteiger partial charge in [-0.2, -0.15) is 0 Å². The molecule has 4 nitrogen and oxygen atoms in total. The van der Waals surface area contributed by atoms with Crippen LogP contribution in [0.25, 0.3) is 0 Å². The average molecular weight is 361 g/mol. The Morgan fingerprint density at radius 3 is 2.72 bits per heavy atom. The van der Waals surface area contributed by atoms with Crippen LogP contribution >= 0.6 is 11.6 Å². The van der Waals surface area contributed by atoms with Crippen LogP contribution in [0.1, 0.15) is 24.0 Å². The first-order valence-corrected chi connectivity index (χ1v) is 8.80. The molecule has 0 aromatic heterocycles. The lowest BCUT2D eigenvalue weighted by atomic mass is 10.2.